The molecule has 0 atom stereocenters. The molecule has 0 spiro atoms. The molecule has 28 heavy (non-hydrogen) atoms. The fraction of sp³-hybridized carbons (Fsp3) is 0.278. The van der Waals surface area contributed by atoms with Crippen LogP contribution in [0.2, 0.25) is 0 Å². The number of ether oxygens (including phenoxy) is 2. The Labute approximate surface area is 161 Å². The van der Waals surface area contributed by atoms with Crippen molar-refractivity contribution in [2.75, 3.05) is 27.8 Å². The summed E-state index contributed by atoms with van der Waals surface area (Å²) in [7, 11) is 4.74. The third kappa shape index (κ3) is 5.40. The number of rotatable bonds is 8. The number of likely N-dealkylation sites (N-methyl/N-ethyl adjacent to an activating group) is 1. The molecule has 0 aliphatic heterocycles. The largest absolute Gasteiger partial charge is 0.493 e. The molecule has 0 bridgehead atoms. The highest BCUT2D eigenvalue weighted by Gasteiger charge is 2.13. The maximum Gasteiger partial charge on any atom is 0.356 e. The molecule has 10 heteroatoms. The van der Waals surface area contributed by atoms with Gasteiger partial charge in [-0.2, -0.15) is 0 Å². The van der Waals surface area contributed by atoms with Gasteiger partial charge in [-0.25, -0.2) is 14.8 Å². The Morgan fingerprint density at radius 2 is 1.79 bits per heavy atom. The number of carbonyl (C=O) groups excluding carboxylic acids is 2. The Hall–Kier alpha value is -3.69. The summed E-state index contributed by atoms with van der Waals surface area (Å²) < 4.78 is 10.7. The van der Waals surface area contributed by atoms with Gasteiger partial charge in [-0.15, -0.1) is 0 Å². The Morgan fingerprint density at radius 1 is 1.11 bits per heavy atom. The van der Waals surface area contributed by atoms with Crippen molar-refractivity contribution in [2.24, 2.45) is 0 Å². The lowest BCUT2D eigenvalue weighted by atomic mass is 10.2. The zero-order chi connectivity index (χ0) is 20.7. The van der Waals surface area contributed by atoms with Crippen molar-refractivity contribution in [3.05, 3.63) is 47.5 Å². The average Bonchev–Trinajstić information content (AvgIpc) is 2.70. The van der Waals surface area contributed by atoms with Crippen LogP contribution in [0.25, 0.3) is 0 Å². The van der Waals surface area contributed by atoms with Gasteiger partial charge < -0.3 is 24.8 Å². The van der Waals surface area contributed by atoms with E-state index in [-0.39, 0.29) is 30.4 Å². The van der Waals surface area contributed by atoms with Crippen LogP contribution in [0.3, 0.4) is 0 Å². The van der Waals surface area contributed by atoms with Gasteiger partial charge in [0, 0.05) is 20.6 Å². The number of nitrogens with one attached hydrogen (secondary N) is 1. The first kappa shape index (κ1) is 20.6. The Morgan fingerprint density at radius 3 is 2.36 bits per heavy atom. The summed E-state index contributed by atoms with van der Waals surface area (Å²) in [4.78, 5) is 43.3. The molecule has 0 saturated carbocycles. The van der Waals surface area contributed by atoms with E-state index in [0.29, 0.717) is 11.5 Å². The van der Waals surface area contributed by atoms with Crippen LogP contribution >= 0.6 is 0 Å². The third-order valence-corrected chi connectivity index (χ3v) is 3.63. The van der Waals surface area contributed by atoms with Gasteiger partial charge in [0.25, 0.3) is 11.8 Å². The minimum atomic E-state index is -1.22. The molecule has 1 aromatic heterocycles. The lowest BCUT2D eigenvalue weighted by molar-refractivity contribution is -0.130. The number of carboxylic acid groups (broad SMARTS) is 1. The predicted molar refractivity (Wildman–Crippen MR) is 97.3 cm³/mol. The van der Waals surface area contributed by atoms with Crippen LogP contribution in [0, 0.1) is 0 Å². The number of methoxy groups -OCH3 is 1. The molecule has 0 aliphatic rings. The Bertz CT molecular complexity index is 867. The fourth-order valence-corrected chi connectivity index (χ4v) is 2.04. The van der Waals surface area contributed by atoms with E-state index in [4.69, 9.17) is 14.6 Å². The van der Waals surface area contributed by atoms with Gasteiger partial charge in [0.05, 0.1) is 19.5 Å². The lowest BCUT2D eigenvalue weighted by Crippen LogP contribution is -2.27. The second-order valence-electron chi connectivity index (χ2n) is 5.84. The highest BCUT2D eigenvalue weighted by Crippen LogP contribution is 2.28. The van der Waals surface area contributed by atoms with E-state index in [1.807, 2.05) is 0 Å². The average molecular weight is 388 g/mol. The van der Waals surface area contributed by atoms with Gasteiger partial charge in [0.1, 0.15) is 5.69 Å². The second-order valence-corrected chi connectivity index (χ2v) is 5.84. The van der Waals surface area contributed by atoms with E-state index < -0.39 is 11.9 Å². The first-order valence-corrected chi connectivity index (χ1v) is 8.15. The van der Waals surface area contributed by atoms with Crippen LogP contribution in [0.5, 0.6) is 11.5 Å². The summed E-state index contributed by atoms with van der Waals surface area (Å²) in [5.74, 6) is -1.08. The zero-order valence-corrected chi connectivity index (χ0v) is 15.6. The van der Waals surface area contributed by atoms with Gasteiger partial charge in [0.15, 0.2) is 23.8 Å². The van der Waals surface area contributed by atoms with Crippen molar-refractivity contribution < 1.29 is 29.0 Å². The smallest absolute Gasteiger partial charge is 0.356 e. The van der Waals surface area contributed by atoms with Gasteiger partial charge >= 0.3 is 5.97 Å². The lowest BCUT2D eigenvalue weighted by Gasteiger charge is -2.14. The van der Waals surface area contributed by atoms with E-state index >= 15 is 0 Å². The number of aromatic nitrogens is 2. The fourth-order valence-electron chi connectivity index (χ4n) is 2.04. The van der Waals surface area contributed by atoms with Gasteiger partial charge in [0.2, 0.25) is 0 Å². The molecule has 148 valence electrons. The first-order chi connectivity index (χ1) is 13.3. The highest BCUT2D eigenvalue weighted by atomic mass is 16.5. The number of amides is 2. The standard InChI is InChI=1S/C18H20N4O6/c1-22(2)16(23)10-28-14-5-4-11(6-15(14)27-3)7-21-17(24)12-8-20-13(9-19-12)18(25)26/h4-6,8-9H,7,10H2,1-3H3,(H,21,24)(H,25,26). The van der Waals surface area contributed by atoms with Gasteiger partial charge in [-0.3, -0.25) is 9.59 Å². The molecule has 10 nitrogen and oxygen atoms in total. The zero-order valence-electron chi connectivity index (χ0n) is 15.6. The summed E-state index contributed by atoms with van der Waals surface area (Å²) in [6.07, 6.45) is 2.11. The first-order valence-electron chi connectivity index (χ1n) is 8.15. The summed E-state index contributed by atoms with van der Waals surface area (Å²) in [5.41, 5.74) is 0.482. The molecule has 0 fully saturated rings. The van der Waals surface area contributed by atoms with E-state index in [1.165, 1.54) is 12.0 Å². The second kappa shape index (κ2) is 9.31. The molecule has 1 aromatic carbocycles. The van der Waals surface area contributed by atoms with Crippen LogP contribution in [-0.2, 0) is 11.3 Å². The van der Waals surface area contributed by atoms with E-state index in [2.05, 4.69) is 15.3 Å². The van der Waals surface area contributed by atoms with Crippen molar-refractivity contribution in [3.63, 3.8) is 0 Å². The summed E-state index contributed by atoms with van der Waals surface area (Å²) in [5, 5.41) is 11.4. The van der Waals surface area contributed by atoms with Gasteiger partial charge in [-0.05, 0) is 17.7 Å². The summed E-state index contributed by atoms with van der Waals surface area (Å²) in [6, 6.07) is 5.04. The van der Waals surface area contributed by atoms with Crippen LogP contribution in [-0.4, -0.2) is 65.6 Å². The number of aromatic carboxylic acids is 1. The monoisotopic (exact) mass is 388 g/mol. The number of hydrogen-bond donors (Lipinski definition) is 2. The van der Waals surface area contributed by atoms with Crippen LogP contribution in [0.15, 0.2) is 30.6 Å². The van der Waals surface area contributed by atoms with E-state index in [0.717, 1.165) is 18.0 Å². The molecule has 0 saturated heterocycles. The highest BCUT2D eigenvalue weighted by molar-refractivity contribution is 5.92. The van der Waals surface area contributed by atoms with E-state index in [9.17, 15) is 14.4 Å². The minimum Gasteiger partial charge on any atom is -0.493 e. The third-order valence-electron chi connectivity index (χ3n) is 3.63. The summed E-state index contributed by atoms with van der Waals surface area (Å²) in [6.45, 7) is 0.0545. The number of hydrogen-bond acceptors (Lipinski definition) is 7. The van der Waals surface area contributed by atoms with Crippen molar-refractivity contribution >= 4 is 17.8 Å². The number of carbonyl (C=O) groups is 3. The summed E-state index contributed by atoms with van der Waals surface area (Å²) >= 11 is 0. The van der Waals surface area contributed by atoms with Gasteiger partial charge in [-0.1, -0.05) is 6.07 Å². The molecule has 0 radical (unpaired) electrons. The minimum absolute atomic E-state index is 0.000818. The van der Waals surface area contributed by atoms with Crippen LogP contribution in [0.1, 0.15) is 26.5 Å². The molecule has 2 N–H and O–H groups in total. The molecular weight excluding hydrogens is 368 g/mol. The Kier molecular flexibility index (Phi) is 6.85. The van der Waals surface area contributed by atoms with E-state index in [1.54, 1.807) is 32.3 Å². The molecule has 2 amide bonds. The molecule has 1 heterocycles. The van der Waals surface area contributed by atoms with Crippen molar-refractivity contribution in [1.29, 1.82) is 0 Å². The Balaban J connectivity index is 1.99. The molecule has 0 aliphatic carbocycles. The predicted octanol–water partition coefficient (Wildman–Crippen LogP) is 0.580. The molecular formula is C18H20N4O6. The number of carboxylic acids is 1. The molecule has 2 rings (SSSR count). The quantitative estimate of drug-likeness (QED) is 0.671. The number of nitrogens with zero attached hydrogens (tertiary/aromatic N) is 3. The maximum absolute atomic E-state index is 12.1. The SMILES string of the molecule is COc1cc(CNC(=O)c2cnc(C(=O)O)cn2)ccc1OCC(=O)N(C)C. The van der Waals surface area contributed by atoms with Crippen molar-refractivity contribution in [2.45, 2.75) is 6.54 Å². The van der Waals surface area contributed by atoms with Crippen LogP contribution in [0.4, 0.5) is 0 Å². The molecule has 2 aromatic rings. The topological polar surface area (TPSA) is 131 Å². The normalized spacial score (nSPS) is 10.1. The maximum atomic E-state index is 12.1. The number of benzene rings is 1. The van der Waals surface area contributed by atoms with Crippen LogP contribution < -0.4 is 14.8 Å². The van der Waals surface area contributed by atoms with Crippen molar-refractivity contribution in [1.82, 2.24) is 20.2 Å². The molecule has 0 unspecified atom stereocenters. The van der Waals surface area contributed by atoms with Crippen molar-refractivity contribution in [3.8, 4) is 11.5 Å².